The van der Waals surface area contributed by atoms with Gasteiger partial charge >= 0.3 is 0 Å². The molecule has 0 amide bonds. The molecule has 0 saturated carbocycles. The lowest BCUT2D eigenvalue weighted by atomic mass is 9.78. The predicted octanol–water partition coefficient (Wildman–Crippen LogP) is 4.06. The maximum absolute atomic E-state index is 10.5. The topological polar surface area (TPSA) is 46.2 Å². The predicted molar refractivity (Wildman–Crippen MR) is 89.8 cm³/mol. The summed E-state index contributed by atoms with van der Waals surface area (Å²) in [7, 11) is 0. The highest BCUT2D eigenvalue weighted by atomic mass is 35.5. The van der Waals surface area contributed by atoms with E-state index >= 15 is 0 Å². The van der Waals surface area contributed by atoms with Gasteiger partial charge in [-0.25, -0.2) is 0 Å². The quantitative estimate of drug-likeness (QED) is 0.865. The zero-order valence-corrected chi connectivity index (χ0v) is 14.9. The number of benzene rings is 1. The first-order valence-corrected chi connectivity index (χ1v) is 7.00. The van der Waals surface area contributed by atoms with Crippen molar-refractivity contribution in [3.63, 3.8) is 0 Å². The Morgan fingerprint density at radius 3 is 1.40 bits per heavy atom. The number of rotatable bonds is 2. The van der Waals surface area contributed by atoms with E-state index in [9.17, 15) is 5.11 Å². The lowest BCUT2D eigenvalue weighted by Crippen LogP contribution is -2.38. The normalized spacial score (nSPS) is 14.7. The fourth-order valence-electron chi connectivity index (χ4n) is 2.73. The lowest BCUT2D eigenvalue weighted by molar-refractivity contribution is 0.0397. The zero-order valence-electron chi connectivity index (χ0n) is 14.1. The number of aliphatic hydroxyl groups excluding tert-OH is 1. The molecule has 3 heteroatoms. The van der Waals surface area contributed by atoms with Gasteiger partial charge in [0.25, 0.3) is 0 Å². The van der Waals surface area contributed by atoms with Crippen LogP contribution in [-0.2, 0) is 0 Å². The van der Waals surface area contributed by atoms with Crippen LogP contribution in [0.1, 0.15) is 60.2 Å². The molecule has 1 aromatic rings. The molecule has 0 unspecified atom stereocenters. The molecule has 0 heterocycles. The van der Waals surface area contributed by atoms with E-state index in [1.54, 1.807) is 0 Å². The average Bonchev–Trinajstić information content (AvgIpc) is 2.31. The van der Waals surface area contributed by atoms with Crippen molar-refractivity contribution in [3.8, 4) is 0 Å². The summed E-state index contributed by atoms with van der Waals surface area (Å²) in [4.78, 5) is 0. The molecule has 0 spiro atoms. The maximum Gasteiger partial charge on any atom is 0.0781 e. The van der Waals surface area contributed by atoms with E-state index < -0.39 is 6.10 Å². The van der Waals surface area contributed by atoms with E-state index in [4.69, 9.17) is 5.73 Å². The van der Waals surface area contributed by atoms with Gasteiger partial charge in [-0.15, -0.1) is 12.4 Å². The Morgan fingerprint density at radius 2 is 1.10 bits per heavy atom. The molecule has 0 aromatic heterocycles. The Morgan fingerprint density at radius 1 is 0.800 bits per heavy atom. The van der Waals surface area contributed by atoms with Crippen molar-refractivity contribution in [1.82, 2.24) is 0 Å². The van der Waals surface area contributed by atoms with Gasteiger partial charge in [0.15, 0.2) is 0 Å². The van der Waals surface area contributed by atoms with Crippen LogP contribution in [0.2, 0.25) is 0 Å². The van der Waals surface area contributed by atoms with Gasteiger partial charge in [0.05, 0.1) is 12.1 Å². The third-order valence-corrected chi connectivity index (χ3v) is 4.62. The van der Waals surface area contributed by atoms with Crippen molar-refractivity contribution in [2.75, 3.05) is 0 Å². The highest BCUT2D eigenvalue weighted by molar-refractivity contribution is 5.85. The Labute approximate surface area is 130 Å². The van der Waals surface area contributed by atoms with Crippen molar-refractivity contribution in [3.05, 3.63) is 33.4 Å². The summed E-state index contributed by atoms with van der Waals surface area (Å²) in [6.45, 7) is 16.7. The molecule has 0 fully saturated rings. The summed E-state index contributed by atoms with van der Waals surface area (Å²) in [5.74, 6) is 0. The van der Waals surface area contributed by atoms with Crippen LogP contribution in [0.25, 0.3) is 0 Å². The summed E-state index contributed by atoms with van der Waals surface area (Å²) >= 11 is 0. The smallest absolute Gasteiger partial charge is 0.0781 e. The lowest BCUT2D eigenvalue weighted by Gasteiger charge is -2.33. The number of hydrogen-bond donors (Lipinski definition) is 2. The average molecular weight is 300 g/mol. The van der Waals surface area contributed by atoms with Crippen LogP contribution in [0.5, 0.6) is 0 Å². The van der Waals surface area contributed by atoms with Gasteiger partial charge in [0.2, 0.25) is 0 Å². The Balaban J connectivity index is 0.00000361. The van der Waals surface area contributed by atoms with Crippen LogP contribution in [0.3, 0.4) is 0 Å². The van der Waals surface area contributed by atoms with Crippen LogP contribution in [-0.4, -0.2) is 11.2 Å². The van der Waals surface area contributed by atoms with Crippen molar-refractivity contribution in [2.45, 2.75) is 67.5 Å². The van der Waals surface area contributed by atoms with Crippen molar-refractivity contribution < 1.29 is 5.11 Å². The Kier molecular flexibility index (Phi) is 6.28. The summed E-state index contributed by atoms with van der Waals surface area (Å²) in [5, 5.41) is 10.5. The highest BCUT2D eigenvalue weighted by Crippen LogP contribution is 2.35. The minimum atomic E-state index is -0.550. The molecule has 2 nitrogen and oxygen atoms in total. The second-order valence-electron chi connectivity index (χ2n) is 6.88. The molecular weight excluding hydrogens is 270 g/mol. The van der Waals surface area contributed by atoms with E-state index in [0.29, 0.717) is 0 Å². The van der Waals surface area contributed by atoms with Gasteiger partial charge in [-0.3, -0.25) is 0 Å². The first-order valence-electron chi connectivity index (χ1n) is 7.00. The molecule has 20 heavy (non-hydrogen) atoms. The second-order valence-corrected chi connectivity index (χ2v) is 6.88. The zero-order chi connectivity index (χ0) is 15.1. The molecule has 0 aliphatic rings. The van der Waals surface area contributed by atoms with Crippen LogP contribution >= 0.6 is 12.4 Å². The first-order chi connectivity index (χ1) is 8.50. The van der Waals surface area contributed by atoms with E-state index in [1.807, 2.05) is 20.8 Å². The van der Waals surface area contributed by atoms with Gasteiger partial charge < -0.3 is 10.8 Å². The molecule has 2 atom stereocenters. The van der Waals surface area contributed by atoms with Gasteiger partial charge in [0, 0.05) is 0 Å². The van der Waals surface area contributed by atoms with Crippen LogP contribution in [0.15, 0.2) is 0 Å². The van der Waals surface area contributed by atoms with E-state index in [0.717, 1.165) is 5.56 Å². The van der Waals surface area contributed by atoms with Gasteiger partial charge in [0.1, 0.15) is 0 Å². The molecule has 0 aliphatic carbocycles. The fraction of sp³-hybridized carbons (Fsp3) is 0.647. The molecule has 0 radical (unpaired) electrons. The molecule has 0 aliphatic heterocycles. The van der Waals surface area contributed by atoms with E-state index in [2.05, 4.69) is 34.6 Å². The molecule has 3 N–H and O–H groups in total. The van der Waals surface area contributed by atoms with E-state index in [-0.39, 0.29) is 23.9 Å². The number of aliphatic hydroxyl groups is 1. The van der Waals surface area contributed by atoms with Gasteiger partial charge in [-0.1, -0.05) is 20.8 Å². The summed E-state index contributed by atoms with van der Waals surface area (Å²) < 4.78 is 0. The molecule has 116 valence electrons. The molecule has 0 saturated heterocycles. The third kappa shape index (κ3) is 3.36. The summed E-state index contributed by atoms with van der Waals surface area (Å²) in [6, 6.07) is -0.335. The molecule has 1 aromatic carbocycles. The minimum absolute atomic E-state index is 0. The Hall–Kier alpha value is -0.570. The number of halogens is 1. The summed E-state index contributed by atoms with van der Waals surface area (Å²) in [5.41, 5.74) is 13.6. The van der Waals surface area contributed by atoms with Crippen LogP contribution in [0.4, 0.5) is 0 Å². The summed E-state index contributed by atoms with van der Waals surface area (Å²) in [6.07, 6.45) is -0.550. The van der Waals surface area contributed by atoms with Gasteiger partial charge in [-0.2, -0.15) is 0 Å². The molecule has 0 bridgehead atoms. The van der Waals surface area contributed by atoms with Crippen molar-refractivity contribution >= 4 is 12.4 Å². The van der Waals surface area contributed by atoms with Crippen molar-refractivity contribution in [1.29, 1.82) is 0 Å². The molecular formula is C17H30ClNO. The minimum Gasteiger partial charge on any atom is -0.391 e. The first kappa shape index (κ1) is 19.4. The highest BCUT2D eigenvalue weighted by Gasteiger charge is 2.31. The fourth-order valence-corrected chi connectivity index (χ4v) is 2.73. The largest absolute Gasteiger partial charge is 0.391 e. The van der Waals surface area contributed by atoms with Crippen LogP contribution in [0, 0.1) is 40.0 Å². The Bertz CT molecular complexity index is 460. The monoisotopic (exact) mass is 299 g/mol. The third-order valence-electron chi connectivity index (χ3n) is 4.62. The SMILES string of the molecule is Cc1c(C)c(C)c([C@H](N)[C@H](O)C(C)(C)C)c(C)c1C.Cl. The standard InChI is InChI=1S/C17H29NO.ClH/c1-9-10(2)12(4)14(13(5)11(9)3)15(18)16(19)17(6,7)8;/h15-16,19H,18H2,1-8H3;1H/t15-,16-;/m0./s1. The van der Waals surface area contributed by atoms with Crippen LogP contribution < -0.4 is 5.73 Å². The van der Waals surface area contributed by atoms with Crippen molar-refractivity contribution in [2.24, 2.45) is 11.1 Å². The number of hydrogen-bond acceptors (Lipinski definition) is 2. The maximum atomic E-state index is 10.5. The number of nitrogens with two attached hydrogens (primary N) is 1. The second kappa shape index (κ2) is 6.46. The van der Waals surface area contributed by atoms with E-state index in [1.165, 1.54) is 27.8 Å². The van der Waals surface area contributed by atoms with Gasteiger partial charge in [-0.05, 0) is 73.4 Å². The molecule has 1 rings (SSSR count).